The fraction of sp³-hybridized carbons (Fsp3) is 0.467. The van der Waals surface area contributed by atoms with E-state index in [1.54, 1.807) is 6.33 Å². The predicted octanol–water partition coefficient (Wildman–Crippen LogP) is 2.87. The molecule has 2 rings (SSSR count). The van der Waals surface area contributed by atoms with Gasteiger partial charge in [-0.25, -0.2) is 9.67 Å². The molecule has 0 aliphatic heterocycles. The predicted molar refractivity (Wildman–Crippen MR) is 81.8 cm³/mol. The minimum Gasteiger partial charge on any atom is -0.330 e. The Kier molecular flexibility index (Phi) is 5.15. The first-order chi connectivity index (χ1) is 9.60. The van der Waals surface area contributed by atoms with Gasteiger partial charge in [0.2, 0.25) is 0 Å². The van der Waals surface area contributed by atoms with Gasteiger partial charge in [-0.05, 0) is 50.4 Å². The second kappa shape index (κ2) is 6.86. The van der Waals surface area contributed by atoms with Crippen LogP contribution in [0.1, 0.15) is 31.3 Å². The molecule has 1 aromatic carbocycles. The van der Waals surface area contributed by atoms with Crippen LogP contribution in [0, 0.1) is 5.92 Å². The van der Waals surface area contributed by atoms with Gasteiger partial charge in [0.05, 0.1) is 0 Å². The van der Waals surface area contributed by atoms with Gasteiger partial charge in [-0.3, -0.25) is 0 Å². The van der Waals surface area contributed by atoms with Crippen LogP contribution in [-0.2, 0) is 12.8 Å². The zero-order valence-corrected chi connectivity index (χ0v) is 12.7. The number of nitrogens with zero attached hydrogens (tertiary/aromatic N) is 3. The van der Waals surface area contributed by atoms with Crippen LogP contribution in [0.3, 0.4) is 0 Å². The monoisotopic (exact) mass is 292 g/mol. The van der Waals surface area contributed by atoms with E-state index in [1.807, 2.05) is 16.8 Å². The fourth-order valence-electron chi connectivity index (χ4n) is 2.30. The Balaban J connectivity index is 2.05. The van der Waals surface area contributed by atoms with E-state index in [2.05, 4.69) is 36.1 Å². The van der Waals surface area contributed by atoms with E-state index in [0.29, 0.717) is 18.5 Å². The van der Waals surface area contributed by atoms with Gasteiger partial charge in [-0.1, -0.05) is 23.7 Å². The summed E-state index contributed by atoms with van der Waals surface area (Å²) in [6.45, 7) is 4.84. The molecule has 0 radical (unpaired) electrons. The lowest BCUT2D eigenvalue weighted by Gasteiger charge is -2.16. The maximum atomic E-state index is 5.91. The van der Waals surface area contributed by atoms with Crippen molar-refractivity contribution in [1.29, 1.82) is 0 Å². The summed E-state index contributed by atoms with van der Waals surface area (Å²) in [4.78, 5) is 4.36. The molecule has 0 saturated carbocycles. The third-order valence-electron chi connectivity index (χ3n) is 3.38. The van der Waals surface area contributed by atoms with E-state index in [1.165, 1.54) is 5.56 Å². The van der Waals surface area contributed by atoms with Crippen LogP contribution >= 0.6 is 11.6 Å². The van der Waals surface area contributed by atoms with Crippen molar-refractivity contribution in [2.24, 2.45) is 11.7 Å². The minimum absolute atomic E-state index is 0.321. The number of nitrogens with two attached hydrogens (primary N) is 1. The van der Waals surface area contributed by atoms with Gasteiger partial charge in [0.25, 0.3) is 0 Å². The second-order valence-electron chi connectivity index (χ2n) is 5.35. The minimum atomic E-state index is 0.321. The van der Waals surface area contributed by atoms with Crippen molar-refractivity contribution in [2.75, 3.05) is 6.54 Å². The Bertz CT molecular complexity index is 533. The van der Waals surface area contributed by atoms with Gasteiger partial charge in [-0.15, -0.1) is 0 Å². The van der Waals surface area contributed by atoms with Crippen molar-refractivity contribution in [1.82, 2.24) is 14.8 Å². The molecule has 108 valence electrons. The molecule has 0 saturated heterocycles. The third kappa shape index (κ3) is 3.81. The molecule has 1 aromatic heterocycles. The van der Waals surface area contributed by atoms with E-state index >= 15 is 0 Å². The molecule has 0 amide bonds. The molecule has 0 fully saturated rings. The van der Waals surface area contributed by atoms with Crippen LogP contribution in [0.25, 0.3) is 0 Å². The molecule has 0 aliphatic rings. The maximum absolute atomic E-state index is 5.91. The number of halogens is 1. The summed E-state index contributed by atoms with van der Waals surface area (Å²) in [6, 6.07) is 8.26. The van der Waals surface area contributed by atoms with Gasteiger partial charge >= 0.3 is 0 Å². The Hall–Kier alpha value is -1.39. The summed E-state index contributed by atoms with van der Waals surface area (Å²) >= 11 is 5.91. The molecule has 5 heteroatoms. The average molecular weight is 293 g/mol. The smallest absolute Gasteiger partial charge is 0.138 e. The molecule has 2 aromatic rings. The largest absolute Gasteiger partial charge is 0.330 e. The Labute approximate surface area is 125 Å². The zero-order valence-electron chi connectivity index (χ0n) is 12.0. The highest BCUT2D eigenvalue weighted by Gasteiger charge is 2.14. The molecule has 0 bridgehead atoms. The van der Waals surface area contributed by atoms with E-state index in [-0.39, 0.29) is 0 Å². The highest BCUT2D eigenvalue weighted by molar-refractivity contribution is 6.30. The Morgan fingerprint density at radius 2 is 1.90 bits per heavy atom. The second-order valence-corrected chi connectivity index (χ2v) is 5.79. The molecule has 1 heterocycles. The van der Waals surface area contributed by atoms with Gasteiger partial charge in [0, 0.05) is 17.5 Å². The molecule has 1 atom stereocenters. The van der Waals surface area contributed by atoms with Crippen molar-refractivity contribution in [3.8, 4) is 0 Å². The lowest BCUT2D eigenvalue weighted by atomic mass is 9.96. The molecule has 20 heavy (non-hydrogen) atoms. The van der Waals surface area contributed by atoms with Gasteiger partial charge in [0.15, 0.2) is 0 Å². The Morgan fingerprint density at radius 3 is 2.50 bits per heavy atom. The van der Waals surface area contributed by atoms with Crippen molar-refractivity contribution in [3.05, 3.63) is 47.0 Å². The lowest BCUT2D eigenvalue weighted by molar-refractivity contribution is 0.457. The first-order valence-electron chi connectivity index (χ1n) is 6.93. The average Bonchev–Trinajstić information content (AvgIpc) is 2.88. The van der Waals surface area contributed by atoms with Crippen LogP contribution in [0.5, 0.6) is 0 Å². The first kappa shape index (κ1) is 15.0. The summed E-state index contributed by atoms with van der Waals surface area (Å²) in [6.07, 6.45) is 3.39. The number of hydrogen-bond acceptors (Lipinski definition) is 3. The topological polar surface area (TPSA) is 56.7 Å². The SMILES string of the molecule is CC(C)n1ncnc1CC(CN)Cc1ccc(Cl)cc1. The lowest BCUT2D eigenvalue weighted by Crippen LogP contribution is -2.22. The summed E-state index contributed by atoms with van der Waals surface area (Å²) < 4.78 is 1.96. The molecular formula is C15H21ClN4. The zero-order chi connectivity index (χ0) is 14.5. The highest BCUT2D eigenvalue weighted by atomic mass is 35.5. The van der Waals surface area contributed by atoms with Crippen LogP contribution in [0.2, 0.25) is 5.02 Å². The van der Waals surface area contributed by atoms with Crippen molar-refractivity contribution in [3.63, 3.8) is 0 Å². The van der Waals surface area contributed by atoms with Gasteiger partial charge < -0.3 is 5.73 Å². The quantitative estimate of drug-likeness (QED) is 0.891. The van der Waals surface area contributed by atoms with Crippen LogP contribution < -0.4 is 5.73 Å². The van der Waals surface area contributed by atoms with E-state index in [4.69, 9.17) is 17.3 Å². The normalized spacial score (nSPS) is 12.8. The van der Waals surface area contributed by atoms with E-state index < -0.39 is 0 Å². The highest BCUT2D eigenvalue weighted by Crippen LogP contribution is 2.16. The van der Waals surface area contributed by atoms with Crippen molar-refractivity contribution < 1.29 is 0 Å². The maximum Gasteiger partial charge on any atom is 0.138 e. The standard InChI is InChI=1S/C15H21ClN4/c1-11(2)20-15(18-10-19-20)8-13(9-17)7-12-3-5-14(16)6-4-12/h3-6,10-11,13H,7-9,17H2,1-2H3. The number of aromatic nitrogens is 3. The summed E-state index contributed by atoms with van der Waals surface area (Å²) in [7, 11) is 0. The number of benzene rings is 1. The molecular weight excluding hydrogens is 272 g/mol. The molecule has 2 N–H and O–H groups in total. The molecule has 0 spiro atoms. The summed E-state index contributed by atoms with van der Waals surface area (Å²) in [5, 5.41) is 5.03. The van der Waals surface area contributed by atoms with Gasteiger partial charge in [0.1, 0.15) is 12.2 Å². The Morgan fingerprint density at radius 1 is 1.20 bits per heavy atom. The summed E-state index contributed by atoms with van der Waals surface area (Å²) in [5.41, 5.74) is 7.16. The molecule has 1 unspecified atom stereocenters. The van der Waals surface area contributed by atoms with Crippen LogP contribution in [0.4, 0.5) is 0 Å². The van der Waals surface area contributed by atoms with Crippen molar-refractivity contribution >= 4 is 11.6 Å². The van der Waals surface area contributed by atoms with Crippen LogP contribution in [-0.4, -0.2) is 21.3 Å². The third-order valence-corrected chi connectivity index (χ3v) is 3.63. The number of hydrogen-bond donors (Lipinski definition) is 1. The van der Waals surface area contributed by atoms with Crippen molar-refractivity contribution in [2.45, 2.75) is 32.7 Å². The molecule has 4 nitrogen and oxygen atoms in total. The van der Waals surface area contributed by atoms with Gasteiger partial charge in [-0.2, -0.15) is 5.10 Å². The summed E-state index contributed by atoms with van der Waals surface area (Å²) in [5.74, 6) is 1.36. The molecule has 0 aliphatic carbocycles. The van der Waals surface area contributed by atoms with E-state index in [0.717, 1.165) is 23.7 Å². The fourth-order valence-corrected chi connectivity index (χ4v) is 2.43. The van der Waals surface area contributed by atoms with Crippen LogP contribution in [0.15, 0.2) is 30.6 Å². The first-order valence-corrected chi connectivity index (χ1v) is 7.30. The number of rotatable bonds is 6. The van der Waals surface area contributed by atoms with E-state index in [9.17, 15) is 0 Å².